The fraction of sp³-hybridized carbons (Fsp3) is 0.500. The van der Waals surface area contributed by atoms with E-state index in [1.165, 1.54) is 12.0 Å². The maximum atomic E-state index is 14.1. The Labute approximate surface area is 324 Å². The van der Waals surface area contributed by atoms with Crippen molar-refractivity contribution in [3.05, 3.63) is 90.0 Å². The van der Waals surface area contributed by atoms with Gasteiger partial charge in [-0.2, -0.15) is 0 Å². The number of carbonyl (C=O) groups excluding carboxylic acids is 2. The number of hydrogen-bond donors (Lipinski definition) is 0. The molecule has 0 radical (unpaired) electrons. The molecule has 0 aliphatic carbocycles. The highest BCUT2D eigenvalue weighted by Gasteiger charge is 2.44. The number of imidazole rings is 1. The van der Waals surface area contributed by atoms with Crippen LogP contribution in [0.1, 0.15) is 76.4 Å². The molecule has 298 valence electrons. The molecule has 0 N–H and O–H groups in total. The number of fused-ring (bicyclic) bond motifs is 2. The lowest BCUT2D eigenvalue weighted by atomic mass is 9.98. The van der Waals surface area contributed by atoms with Crippen molar-refractivity contribution < 1.29 is 47.5 Å². The summed E-state index contributed by atoms with van der Waals surface area (Å²) in [5.74, 6) is -0.719. The van der Waals surface area contributed by atoms with E-state index in [-0.39, 0.29) is 30.6 Å². The molecule has 2 aliphatic rings. The fourth-order valence-electron chi connectivity index (χ4n) is 6.24. The van der Waals surface area contributed by atoms with Gasteiger partial charge >= 0.3 is 12.1 Å². The number of benzene rings is 2. The summed E-state index contributed by atoms with van der Waals surface area (Å²) < 4.78 is 49.9. The first-order valence-corrected chi connectivity index (χ1v) is 18.6. The van der Waals surface area contributed by atoms with Crippen LogP contribution < -0.4 is 14.4 Å². The summed E-state index contributed by atoms with van der Waals surface area (Å²) in [6, 6.07) is 11.1. The maximum absolute atomic E-state index is 14.1. The molecule has 5 atom stereocenters. The lowest BCUT2D eigenvalue weighted by Gasteiger charge is -2.29. The summed E-state index contributed by atoms with van der Waals surface area (Å²) in [5, 5.41) is 0. The van der Waals surface area contributed by atoms with Crippen molar-refractivity contribution in [1.82, 2.24) is 9.55 Å². The van der Waals surface area contributed by atoms with E-state index in [4.69, 9.17) is 37.9 Å². The van der Waals surface area contributed by atoms with Gasteiger partial charge in [0.05, 0.1) is 31.8 Å². The summed E-state index contributed by atoms with van der Waals surface area (Å²) in [6.07, 6.45) is 10.8. The van der Waals surface area contributed by atoms with Crippen LogP contribution in [0.25, 0.3) is 6.08 Å². The predicted octanol–water partition coefficient (Wildman–Crippen LogP) is 7.58. The molecule has 2 aromatic carbocycles. The van der Waals surface area contributed by atoms with Crippen molar-refractivity contribution in [3.8, 4) is 11.5 Å². The third kappa shape index (κ3) is 11.4. The highest BCUT2D eigenvalue weighted by Crippen LogP contribution is 2.36. The average Bonchev–Trinajstić information content (AvgIpc) is 3.76. The van der Waals surface area contributed by atoms with E-state index in [0.29, 0.717) is 30.8 Å². The van der Waals surface area contributed by atoms with Crippen molar-refractivity contribution in [1.29, 1.82) is 0 Å². The Morgan fingerprint density at radius 3 is 2.51 bits per heavy atom. The minimum Gasteiger partial charge on any atom is -0.497 e. The van der Waals surface area contributed by atoms with E-state index in [2.05, 4.69) is 4.98 Å². The molecule has 3 heterocycles. The van der Waals surface area contributed by atoms with Gasteiger partial charge in [0.25, 0.3) is 0 Å². The number of carbonyl (C=O) groups is 2. The first-order valence-electron chi connectivity index (χ1n) is 18.6. The first kappa shape index (κ1) is 41.5. The molecule has 1 amide bonds. The van der Waals surface area contributed by atoms with Crippen molar-refractivity contribution in [3.63, 3.8) is 0 Å². The van der Waals surface area contributed by atoms with Crippen molar-refractivity contribution >= 4 is 23.8 Å². The molecule has 3 aromatic rings. The summed E-state index contributed by atoms with van der Waals surface area (Å²) in [4.78, 5) is 33.6. The molecule has 13 nitrogen and oxygen atoms in total. The second-order valence-corrected chi connectivity index (χ2v) is 15.1. The van der Waals surface area contributed by atoms with Crippen LogP contribution in [0.15, 0.2) is 73.3 Å². The normalized spacial score (nSPS) is 23.7. The van der Waals surface area contributed by atoms with Crippen LogP contribution in [-0.2, 0) is 41.6 Å². The summed E-state index contributed by atoms with van der Waals surface area (Å²) in [7, 11) is 3.12. The topological polar surface area (TPSA) is 129 Å². The van der Waals surface area contributed by atoms with Gasteiger partial charge in [0.15, 0.2) is 12.6 Å². The monoisotopic (exact) mass is 761 g/mol. The number of nitrogens with zero attached hydrogens (tertiary/aromatic N) is 3. The number of amides is 1. The molecular formula is C42H55N3O10. The highest BCUT2D eigenvalue weighted by molar-refractivity contribution is 5.99. The van der Waals surface area contributed by atoms with E-state index in [1.807, 2.05) is 108 Å². The second-order valence-electron chi connectivity index (χ2n) is 15.1. The molecule has 0 bridgehead atoms. The van der Waals surface area contributed by atoms with Gasteiger partial charge in [0.1, 0.15) is 41.0 Å². The van der Waals surface area contributed by atoms with Gasteiger partial charge in [-0.05, 0) is 77.3 Å². The molecule has 0 saturated carbocycles. The Balaban J connectivity index is 1.55. The van der Waals surface area contributed by atoms with Gasteiger partial charge in [-0.25, -0.2) is 14.6 Å². The number of rotatable bonds is 11. The Kier molecular flexibility index (Phi) is 13.8. The van der Waals surface area contributed by atoms with Gasteiger partial charge in [0.2, 0.25) is 0 Å². The average molecular weight is 762 g/mol. The van der Waals surface area contributed by atoms with Crippen LogP contribution in [0.3, 0.4) is 0 Å². The molecule has 5 rings (SSSR count). The number of cyclic esters (lactones) is 1. The summed E-state index contributed by atoms with van der Waals surface area (Å²) in [6.45, 7) is 13.9. The van der Waals surface area contributed by atoms with Gasteiger partial charge in [0, 0.05) is 44.6 Å². The van der Waals surface area contributed by atoms with E-state index >= 15 is 0 Å². The quantitative estimate of drug-likeness (QED) is 0.109. The minimum atomic E-state index is -0.875. The van der Waals surface area contributed by atoms with Gasteiger partial charge in [-0.15, -0.1) is 0 Å². The van der Waals surface area contributed by atoms with Crippen LogP contribution >= 0.6 is 0 Å². The van der Waals surface area contributed by atoms with Crippen LogP contribution in [-0.4, -0.2) is 85.0 Å². The SMILES string of the molecule is COCOc1cc(N(CCn2ccnc2)C(=O)OC(C)(C)C)cc2c1C(=O)O[C@@H](C)[C@H](C)/C=C\[C@@H](OCc1ccc(OC)cc1)[C@H]1OC(C)(C)O[C@H]1C/C=C/2. The molecule has 2 aliphatic heterocycles. The molecule has 1 saturated heterocycles. The van der Waals surface area contributed by atoms with Crippen LogP contribution in [0.5, 0.6) is 11.5 Å². The first-order chi connectivity index (χ1) is 26.2. The van der Waals surface area contributed by atoms with Crippen molar-refractivity contribution in [2.24, 2.45) is 5.92 Å². The van der Waals surface area contributed by atoms with Crippen molar-refractivity contribution in [2.45, 2.75) is 104 Å². The van der Waals surface area contributed by atoms with Gasteiger partial charge < -0.3 is 42.5 Å². The summed E-state index contributed by atoms with van der Waals surface area (Å²) in [5.41, 5.74) is 1.33. The van der Waals surface area contributed by atoms with E-state index in [9.17, 15) is 9.59 Å². The lowest BCUT2D eigenvalue weighted by Crippen LogP contribution is -2.38. The third-order valence-corrected chi connectivity index (χ3v) is 9.17. The predicted molar refractivity (Wildman–Crippen MR) is 207 cm³/mol. The smallest absolute Gasteiger partial charge is 0.414 e. The van der Waals surface area contributed by atoms with Crippen molar-refractivity contribution in [2.75, 3.05) is 32.5 Å². The summed E-state index contributed by atoms with van der Waals surface area (Å²) >= 11 is 0. The van der Waals surface area contributed by atoms with Gasteiger partial charge in [-0.1, -0.05) is 43.4 Å². The second kappa shape index (κ2) is 18.3. The lowest BCUT2D eigenvalue weighted by molar-refractivity contribution is -0.156. The number of methoxy groups -OCH3 is 2. The molecule has 55 heavy (non-hydrogen) atoms. The number of ether oxygens (including phenoxy) is 8. The van der Waals surface area contributed by atoms with E-state index in [1.54, 1.807) is 31.8 Å². The Morgan fingerprint density at radius 1 is 1.07 bits per heavy atom. The van der Waals surface area contributed by atoms with Crippen LogP contribution in [0, 0.1) is 5.92 Å². The highest BCUT2D eigenvalue weighted by atomic mass is 16.8. The van der Waals surface area contributed by atoms with E-state index in [0.717, 1.165) is 11.3 Å². The van der Waals surface area contributed by atoms with Crippen LogP contribution in [0.2, 0.25) is 0 Å². The number of anilines is 1. The standard InChI is InChI=1S/C42H55N3O10/c1-28-13-18-34(50-25-30-14-16-33(49-9)17-15-30)38-35(53-42(6,7)54-38)12-10-11-31-23-32(24-36(51-27-48-8)37(31)39(46)52-29(28)2)45(40(47)55-41(3,4)5)22-21-44-20-19-43-26-44/h10-11,13-20,23-24,26,28-29,34-35,38H,12,21-22,25,27H2,1-9H3/b11-10+,18-13-/t28-,29+,34-,35+,38-/m1/s1. The Bertz CT molecular complexity index is 1780. The van der Waals surface area contributed by atoms with Crippen LogP contribution in [0.4, 0.5) is 10.5 Å². The third-order valence-electron chi connectivity index (χ3n) is 9.17. The van der Waals surface area contributed by atoms with E-state index < -0.39 is 47.9 Å². The molecule has 13 heteroatoms. The zero-order valence-corrected chi connectivity index (χ0v) is 33.4. The maximum Gasteiger partial charge on any atom is 0.414 e. The number of hydrogen-bond acceptors (Lipinski definition) is 11. The Hall–Kier alpha value is -4.69. The zero-order valence-electron chi connectivity index (χ0n) is 33.4. The number of aromatic nitrogens is 2. The molecule has 0 unspecified atom stereocenters. The zero-order chi connectivity index (χ0) is 39.8. The minimum absolute atomic E-state index is 0.148. The Morgan fingerprint density at radius 2 is 1.84 bits per heavy atom. The fourth-order valence-corrected chi connectivity index (χ4v) is 6.24. The molecular weight excluding hydrogens is 706 g/mol. The number of esters is 1. The largest absolute Gasteiger partial charge is 0.497 e. The van der Waals surface area contributed by atoms with Gasteiger partial charge in [-0.3, -0.25) is 4.90 Å². The molecule has 1 aromatic heterocycles. The molecule has 1 fully saturated rings. The molecule has 0 spiro atoms.